The van der Waals surface area contributed by atoms with Crippen molar-refractivity contribution in [1.29, 1.82) is 5.26 Å². The first-order valence-corrected chi connectivity index (χ1v) is 8.02. The molecule has 20 heavy (non-hydrogen) atoms. The largest absolute Gasteiger partial charge is 0.493 e. The summed E-state index contributed by atoms with van der Waals surface area (Å²) in [6, 6.07) is 8.69. The first-order chi connectivity index (χ1) is 9.90. The number of nitrogens with zero attached hydrogens (tertiary/aromatic N) is 1. The highest BCUT2D eigenvalue weighted by Gasteiger charge is 2.09. The second-order valence-electron chi connectivity index (χ2n) is 4.26. The van der Waals surface area contributed by atoms with Gasteiger partial charge in [0.1, 0.15) is 5.75 Å². The van der Waals surface area contributed by atoms with Crippen LogP contribution >= 0.6 is 0 Å². The van der Waals surface area contributed by atoms with Gasteiger partial charge in [-0.25, -0.2) is 0 Å². The van der Waals surface area contributed by atoms with E-state index in [1.807, 2.05) is 27.7 Å². The molecule has 1 aliphatic heterocycles. The van der Waals surface area contributed by atoms with Gasteiger partial charge >= 0.3 is 0 Å². The monoisotopic (exact) mass is 275 g/mol. The third-order valence-corrected chi connectivity index (χ3v) is 2.98. The smallest absolute Gasteiger partial charge is 0.122 e. The Hall–Kier alpha value is -1.49. The summed E-state index contributed by atoms with van der Waals surface area (Å²) in [5.74, 6) is 1.06. The Kier molecular flexibility index (Phi) is 11.6. The van der Waals surface area contributed by atoms with E-state index in [1.165, 1.54) is 11.1 Å². The minimum atomic E-state index is 0.675. The molecule has 2 heteroatoms. The molecule has 0 fully saturated rings. The zero-order valence-electron chi connectivity index (χ0n) is 13.5. The Morgan fingerprint density at radius 2 is 1.90 bits per heavy atom. The summed E-state index contributed by atoms with van der Waals surface area (Å²) in [5, 5.41) is 8.46. The van der Waals surface area contributed by atoms with Crippen molar-refractivity contribution in [2.24, 2.45) is 0 Å². The van der Waals surface area contributed by atoms with E-state index in [4.69, 9.17) is 10.00 Å². The Labute approximate surface area is 124 Å². The zero-order valence-corrected chi connectivity index (χ0v) is 13.5. The van der Waals surface area contributed by atoms with E-state index in [0.717, 1.165) is 44.5 Å². The molecule has 1 aromatic carbocycles. The van der Waals surface area contributed by atoms with Crippen LogP contribution in [-0.2, 0) is 12.8 Å². The molecule has 0 unspecified atom stereocenters. The molecule has 0 amide bonds. The molecule has 0 N–H and O–H groups in total. The second-order valence-corrected chi connectivity index (χ2v) is 4.26. The number of benzene rings is 1. The summed E-state index contributed by atoms with van der Waals surface area (Å²) in [6.07, 6.45) is 6.13. The molecule has 1 aliphatic rings. The lowest BCUT2D eigenvalue weighted by Gasteiger charge is -2.17. The molecule has 0 atom stereocenters. The van der Waals surface area contributed by atoms with E-state index < -0.39 is 0 Å². The molecule has 2 rings (SSSR count). The van der Waals surface area contributed by atoms with E-state index in [-0.39, 0.29) is 0 Å². The molecule has 0 saturated carbocycles. The van der Waals surface area contributed by atoms with E-state index in [1.54, 1.807) is 0 Å². The summed E-state index contributed by atoms with van der Waals surface area (Å²) in [7, 11) is 0. The fourth-order valence-electron chi connectivity index (χ4n) is 2.10. The standard InChI is InChI=1S/C14H17NO.2C2H6/c15-9-3-1-2-5-12-7-8-14-13(11-12)6-4-10-16-14;2*1-2/h7-8,11H,1-6,10H2;2*1-2H3. The van der Waals surface area contributed by atoms with Gasteiger partial charge in [0.2, 0.25) is 0 Å². The van der Waals surface area contributed by atoms with Crippen molar-refractivity contribution < 1.29 is 4.74 Å². The van der Waals surface area contributed by atoms with E-state index in [9.17, 15) is 0 Å². The van der Waals surface area contributed by atoms with E-state index in [2.05, 4.69) is 24.3 Å². The number of fused-ring (bicyclic) bond motifs is 1. The number of hydrogen-bond acceptors (Lipinski definition) is 2. The number of unbranched alkanes of at least 4 members (excludes halogenated alkanes) is 2. The van der Waals surface area contributed by atoms with Gasteiger partial charge in [0.05, 0.1) is 12.7 Å². The van der Waals surface area contributed by atoms with Gasteiger partial charge in [0.15, 0.2) is 0 Å². The number of ether oxygens (including phenoxy) is 1. The highest BCUT2D eigenvalue weighted by atomic mass is 16.5. The summed E-state index contributed by atoms with van der Waals surface area (Å²) in [6.45, 7) is 8.86. The Morgan fingerprint density at radius 1 is 1.15 bits per heavy atom. The van der Waals surface area contributed by atoms with Gasteiger partial charge in [-0.3, -0.25) is 0 Å². The van der Waals surface area contributed by atoms with Crippen LogP contribution in [0, 0.1) is 11.3 Å². The van der Waals surface area contributed by atoms with Crippen molar-refractivity contribution in [2.45, 2.75) is 66.2 Å². The predicted molar refractivity (Wildman–Crippen MR) is 86.1 cm³/mol. The first-order valence-electron chi connectivity index (χ1n) is 8.02. The molecule has 0 aliphatic carbocycles. The first kappa shape index (κ1) is 18.5. The van der Waals surface area contributed by atoms with Crippen LogP contribution in [0.15, 0.2) is 18.2 Å². The van der Waals surface area contributed by atoms with Gasteiger partial charge in [-0.05, 0) is 49.3 Å². The highest BCUT2D eigenvalue weighted by Crippen LogP contribution is 2.26. The Bertz CT molecular complexity index is 393. The van der Waals surface area contributed by atoms with Crippen molar-refractivity contribution >= 4 is 0 Å². The predicted octanol–water partition coefficient (Wildman–Crippen LogP) is 5.30. The summed E-state index contributed by atoms with van der Waals surface area (Å²) in [4.78, 5) is 0. The summed E-state index contributed by atoms with van der Waals surface area (Å²) >= 11 is 0. The third kappa shape index (κ3) is 6.61. The molecular formula is C18H29NO. The third-order valence-electron chi connectivity index (χ3n) is 2.98. The average Bonchev–Trinajstić information content (AvgIpc) is 2.55. The molecule has 1 heterocycles. The van der Waals surface area contributed by atoms with Gasteiger partial charge in [-0.15, -0.1) is 0 Å². The van der Waals surface area contributed by atoms with Gasteiger partial charge in [0, 0.05) is 6.42 Å². The second kappa shape index (κ2) is 12.5. The number of aryl methyl sites for hydroxylation is 2. The lowest BCUT2D eigenvalue weighted by Crippen LogP contribution is -2.08. The van der Waals surface area contributed by atoms with Crippen molar-refractivity contribution in [3.63, 3.8) is 0 Å². The van der Waals surface area contributed by atoms with Gasteiger partial charge < -0.3 is 4.74 Å². The Morgan fingerprint density at radius 3 is 2.60 bits per heavy atom. The fraction of sp³-hybridized carbons (Fsp3) is 0.611. The normalized spacial score (nSPS) is 11.6. The molecule has 0 aromatic heterocycles. The topological polar surface area (TPSA) is 33.0 Å². The highest BCUT2D eigenvalue weighted by molar-refractivity contribution is 5.38. The van der Waals surface area contributed by atoms with Crippen LogP contribution in [0.2, 0.25) is 0 Å². The van der Waals surface area contributed by atoms with Crippen molar-refractivity contribution in [3.05, 3.63) is 29.3 Å². The summed E-state index contributed by atoms with van der Waals surface area (Å²) < 4.78 is 5.58. The van der Waals surface area contributed by atoms with Gasteiger partial charge in [-0.2, -0.15) is 5.26 Å². The SMILES string of the molecule is CC.CC.N#CCCCCc1ccc2c(c1)CCCO2. The van der Waals surface area contributed by atoms with Crippen LogP contribution in [0.5, 0.6) is 5.75 Å². The number of nitriles is 1. The maximum absolute atomic E-state index is 8.46. The quantitative estimate of drug-likeness (QED) is 0.698. The van der Waals surface area contributed by atoms with Crippen LogP contribution in [0.25, 0.3) is 0 Å². The van der Waals surface area contributed by atoms with Gasteiger partial charge in [0.25, 0.3) is 0 Å². The Balaban J connectivity index is 0.000000829. The summed E-state index contributed by atoms with van der Waals surface area (Å²) in [5.41, 5.74) is 2.73. The molecule has 112 valence electrons. The maximum Gasteiger partial charge on any atom is 0.122 e. The lowest BCUT2D eigenvalue weighted by atomic mass is 10.00. The van der Waals surface area contributed by atoms with Crippen molar-refractivity contribution in [1.82, 2.24) is 0 Å². The van der Waals surface area contributed by atoms with Crippen LogP contribution in [0.1, 0.15) is 64.5 Å². The van der Waals surface area contributed by atoms with Crippen LogP contribution in [0.3, 0.4) is 0 Å². The van der Waals surface area contributed by atoms with Crippen LogP contribution in [0.4, 0.5) is 0 Å². The van der Waals surface area contributed by atoms with Crippen LogP contribution < -0.4 is 4.74 Å². The molecule has 0 spiro atoms. The number of hydrogen-bond donors (Lipinski definition) is 0. The fourth-order valence-corrected chi connectivity index (χ4v) is 2.10. The molecule has 1 aromatic rings. The van der Waals surface area contributed by atoms with E-state index >= 15 is 0 Å². The van der Waals surface area contributed by atoms with Crippen molar-refractivity contribution in [2.75, 3.05) is 6.61 Å². The molecule has 0 bridgehead atoms. The van der Waals surface area contributed by atoms with E-state index in [0.29, 0.717) is 6.42 Å². The molecule has 0 radical (unpaired) electrons. The lowest BCUT2D eigenvalue weighted by molar-refractivity contribution is 0.288. The van der Waals surface area contributed by atoms with Crippen LogP contribution in [-0.4, -0.2) is 6.61 Å². The van der Waals surface area contributed by atoms with Gasteiger partial charge in [-0.1, -0.05) is 39.8 Å². The van der Waals surface area contributed by atoms with Crippen molar-refractivity contribution in [3.8, 4) is 11.8 Å². The minimum Gasteiger partial charge on any atom is -0.493 e. The molecular weight excluding hydrogens is 246 g/mol. The zero-order chi connectivity index (χ0) is 15.2. The average molecular weight is 275 g/mol. The minimum absolute atomic E-state index is 0.675. The number of rotatable bonds is 4. The molecule has 2 nitrogen and oxygen atoms in total. The maximum atomic E-state index is 8.46. The molecule has 0 saturated heterocycles.